The third kappa shape index (κ3) is 1.51. The normalized spacial score (nSPS) is 14.5. The predicted octanol–water partition coefficient (Wildman–Crippen LogP) is 3.07. The monoisotopic (exact) mass is 227 g/mol. The summed E-state index contributed by atoms with van der Waals surface area (Å²) in [6, 6.07) is 6.13. The van der Waals surface area contributed by atoms with Gasteiger partial charge < -0.3 is 4.57 Å². The summed E-state index contributed by atoms with van der Waals surface area (Å²) in [6.45, 7) is 5.21. The standard InChI is InChI=1S/C15H17NO/c1-10(2)13-9-16-8-4-6-11-5-3-7-12(14(11)16)15(13)17/h3,5,7,9-10H,4,6,8H2,1-2H3. The summed E-state index contributed by atoms with van der Waals surface area (Å²) in [4.78, 5) is 12.4. The summed E-state index contributed by atoms with van der Waals surface area (Å²) < 4.78 is 2.27. The lowest BCUT2D eigenvalue weighted by Crippen LogP contribution is -2.19. The van der Waals surface area contributed by atoms with E-state index in [1.165, 1.54) is 12.0 Å². The van der Waals surface area contributed by atoms with E-state index in [1.54, 1.807) is 0 Å². The van der Waals surface area contributed by atoms with E-state index in [9.17, 15) is 4.79 Å². The third-order valence-electron chi connectivity index (χ3n) is 3.68. The molecule has 2 heterocycles. The zero-order valence-electron chi connectivity index (χ0n) is 10.4. The lowest BCUT2D eigenvalue weighted by Gasteiger charge is -2.21. The zero-order chi connectivity index (χ0) is 12.0. The van der Waals surface area contributed by atoms with Crippen molar-refractivity contribution in [2.75, 3.05) is 0 Å². The molecule has 1 aliphatic rings. The average Bonchev–Trinajstić information content (AvgIpc) is 2.33. The van der Waals surface area contributed by atoms with Crippen LogP contribution in [-0.2, 0) is 13.0 Å². The van der Waals surface area contributed by atoms with Crippen LogP contribution in [0.5, 0.6) is 0 Å². The van der Waals surface area contributed by atoms with Gasteiger partial charge >= 0.3 is 0 Å². The molecule has 0 aliphatic carbocycles. The minimum absolute atomic E-state index is 0.218. The molecular weight excluding hydrogens is 210 g/mol. The van der Waals surface area contributed by atoms with Gasteiger partial charge in [-0.25, -0.2) is 0 Å². The maximum absolute atomic E-state index is 12.4. The van der Waals surface area contributed by atoms with E-state index < -0.39 is 0 Å². The Hall–Kier alpha value is -1.57. The second-order valence-corrected chi connectivity index (χ2v) is 5.18. The number of para-hydroxylation sites is 1. The van der Waals surface area contributed by atoms with Crippen molar-refractivity contribution in [1.29, 1.82) is 0 Å². The Bertz CT molecular complexity index is 637. The molecule has 1 aromatic heterocycles. The van der Waals surface area contributed by atoms with Crippen LogP contribution in [0.2, 0.25) is 0 Å². The Labute approximate surface area is 101 Å². The Kier molecular flexibility index (Phi) is 2.32. The van der Waals surface area contributed by atoms with Gasteiger partial charge in [0.05, 0.1) is 5.52 Å². The Morgan fingerprint density at radius 1 is 1.29 bits per heavy atom. The van der Waals surface area contributed by atoms with Crippen LogP contribution < -0.4 is 5.43 Å². The minimum Gasteiger partial charge on any atom is -0.347 e. The Morgan fingerprint density at radius 2 is 2.12 bits per heavy atom. The summed E-state index contributed by atoms with van der Waals surface area (Å²) in [5.41, 5.74) is 3.64. The maximum atomic E-state index is 12.4. The van der Waals surface area contributed by atoms with Crippen LogP contribution >= 0.6 is 0 Å². The molecule has 1 aliphatic heterocycles. The minimum atomic E-state index is 0.218. The van der Waals surface area contributed by atoms with E-state index >= 15 is 0 Å². The fourth-order valence-electron chi connectivity index (χ4n) is 2.79. The van der Waals surface area contributed by atoms with Crippen LogP contribution in [0.3, 0.4) is 0 Å². The highest BCUT2D eigenvalue weighted by Gasteiger charge is 2.16. The number of hydrogen-bond donors (Lipinski definition) is 0. The molecule has 2 heteroatoms. The lowest BCUT2D eigenvalue weighted by atomic mass is 9.97. The fourth-order valence-corrected chi connectivity index (χ4v) is 2.79. The number of aromatic nitrogens is 1. The van der Waals surface area contributed by atoms with Gasteiger partial charge in [-0.15, -0.1) is 0 Å². The quantitative estimate of drug-likeness (QED) is 0.734. The van der Waals surface area contributed by atoms with Gasteiger partial charge in [0.15, 0.2) is 5.43 Å². The molecule has 3 rings (SSSR count). The summed E-state index contributed by atoms with van der Waals surface area (Å²) in [7, 11) is 0. The van der Waals surface area contributed by atoms with Gasteiger partial charge in [-0.05, 0) is 30.4 Å². The molecule has 0 atom stereocenters. The van der Waals surface area contributed by atoms with E-state index in [1.807, 2.05) is 12.1 Å². The molecule has 2 nitrogen and oxygen atoms in total. The van der Waals surface area contributed by atoms with E-state index in [0.29, 0.717) is 5.92 Å². The summed E-state index contributed by atoms with van der Waals surface area (Å²) in [5.74, 6) is 0.293. The summed E-state index contributed by atoms with van der Waals surface area (Å²) in [6.07, 6.45) is 4.34. The van der Waals surface area contributed by atoms with E-state index in [4.69, 9.17) is 0 Å². The molecule has 0 saturated carbocycles. The average molecular weight is 227 g/mol. The molecule has 0 bridgehead atoms. The van der Waals surface area contributed by atoms with Gasteiger partial charge in [-0.1, -0.05) is 26.0 Å². The first-order chi connectivity index (χ1) is 8.18. The first kappa shape index (κ1) is 10.6. The number of benzene rings is 1. The second kappa shape index (κ2) is 3.73. The van der Waals surface area contributed by atoms with Crippen molar-refractivity contribution in [1.82, 2.24) is 4.57 Å². The Morgan fingerprint density at radius 3 is 2.88 bits per heavy atom. The van der Waals surface area contributed by atoms with Gasteiger partial charge in [0.25, 0.3) is 0 Å². The first-order valence-electron chi connectivity index (χ1n) is 6.33. The van der Waals surface area contributed by atoms with Crippen LogP contribution in [0.4, 0.5) is 0 Å². The van der Waals surface area contributed by atoms with E-state index in [-0.39, 0.29) is 5.43 Å². The summed E-state index contributed by atoms with van der Waals surface area (Å²) >= 11 is 0. The van der Waals surface area contributed by atoms with Gasteiger partial charge in [0.1, 0.15) is 0 Å². The smallest absolute Gasteiger partial charge is 0.192 e. The molecule has 88 valence electrons. The number of pyridine rings is 1. The van der Waals surface area contributed by atoms with Gasteiger partial charge in [-0.2, -0.15) is 0 Å². The molecule has 0 spiro atoms. The van der Waals surface area contributed by atoms with Crippen molar-refractivity contribution in [2.24, 2.45) is 0 Å². The summed E-state index contributed by atoms with van der Waals surface area (Å²) in [5, 5.41) is 0.897. The number of rotatable bonds is 1. The molecule has 0 N–H and O–H groups in total. The highest BCUT2D eigenvalue weighted by atomic mass is 16.1. The fraction of sp³-hybridized carbons (Fsp3) is 0.400. The topological polar surface area (TPSA) is 22.0 Å². The molecule has 0 saturated heterocycles. The molecule has 0 radical (unpaired) electrons. The van der Waals surface area contributed by atoms with Crippen molar-refractivity contribution in [3.8, 4) is 0 Å². The molecule has 0 amide bonds. The highest BCUT2D eigenvalue weighted by Crippen LogP contribution is 2.24. The number of aryl methyl sites for hydroxylation is 2. The van der Waals surface area contributed by atoms with E-state index in [2.05, 4.69) is 30.7 Å². The van der Waals surface area contributed by atoms with Crippen molar-refractivity contribution in [3.05, 3.63) is 45.7 Å². The largest absolute Gasteiger partial charge is 0.347 e. The molecule has 1 aromatic carbocycles. The number of hydrogen-bond acceptors (Lipinski definition) is 1. The van der Waals surface area contributed by atoms with Crippen molar-refractivity contribution >= 4 is 10.9 Å². The van der Waals surface area contributed by atoms with Crippen molar-refractivity contribution in [3.63, 3.8) is 0 Å². The third-order valence-corrected chi connectivity index (χ3v) is 3.68. The van der Waals surface area contributed by atoms with Gasteiger partial charge in [0, 0.05) is 23.7 Å². The predicted molar refractivity (Wildman–Crippen MR) is 70.6 cm³/mol. The van der Waals surface area contributed by atoms with Crippen molar-refractivity contribution in [2.45, 2.75) is 39.2 Å². The molecular formula is C15H17NO. The van der Waals surface area contributed by atoms with Crippen LogP contribution in [0.25, 0.3) is 10.9 Å². The zero-order valence-corrected chi connectivity index (χ0v) is 10.4. The highest BCUT2D eigenvalue weighted by molar-refractivity contribution is 5.83. The van der Waals surface area contributed by atoms with Gasteiger partial charge in [-0.3, -0.25) is 4.79 Å². The molecule has 0 fully saturated rings. The Balaban J connectivity index is 2.47. The lowest BCUT2D eigenvalue weighted by molar-refractivity contribution is 0.623. The first-order valence-corrected chi connectivity index (χ1v) is 6.33. The van der Waals surface area contributed by atoms with Crippen LogP contribution in [0, 0.1) is 0 Å². The molecule has 17 heavy (non-hydrogen) atoms. The van der Waals surface area contributed by atoms with Crippen LogP contribution in [0.15, 0.2) is 29.2 Å². The SMILES string of the molecule is CC(C)c1cn2c3c(cccc3c1=O)CCC2. The second-order valence-electron chi connectivity index (χ2n) is 5.18. The number of nitrogens with zero attached hydrogens (tertiary/aromatic N) is 1. The van der Waals surface area contributed by atoms with E-state index in [0.717, 1.165) is 29.4 Å². The van der Waals surface area contributed by atoms with Crippen molar-refractivity contribution < 1.29 is 0 Å². The molecule has 2 aromatic rings. The maximum Gasteiger partial charge on any atom is 0.192 e. The van der Waals surface area contributed by atoms with Gasteiger partial charge in [0.2, 0.25) is 0 Å². The van der Waals surface area contributed by atoms with Crippen LogP contribution in [0.1, 0.15) is 37.3 Å². The molecule has 0 unspecified atom stereocenters. The van der Waals surface area contributed by atoms with Crippen LogP contribution in [-0.4, -0.2) is 4.57 Å².